The second kappa shape index (κ2) is 6.99. The molecule has 1 N–H and O–H groups in total. The summed E-state index contributed by atoms with van der Waals surface area (Å²) in [4.78, 5) is 11.3. The quantitative estimate of drug-likeness (QED) is 0.859. The monoisotopic (exact) mass is 278 g/mol. The summed E-state index contributed by atoms with van der Waals surface area (Å²) >= 11 is 0. The van der Waals surface area contributed by atoms with Gasteiger partial charge in [-0.05, 0) is 25.8 Å². The van der Waals surface area contributed by atoms with Gasteiger partial charge in [-0.25, -0.2) is 9.97 Å². The van der Waals surface area contributed by atoms with Crippen LogP contribution in [-0.2, 0) is 11.3 Å². The molecule has 0 aliphatic carbocycles. The van der Waals surface area contributed by atoms with Gasteiger partial charge < -0.3 is 15.0 Å². The van der Waals surface area contributed by atoms with Gasteiger partial charge in [0.2, 0.25) is 5.95 Å². The van der Waals surface area contributed by atoms with Crippen LogP contribution in [0.3, 0.4) is 0 Å². The van der Waals surface area contributed by atoms with E-state index in [0.29, 0.717) is 12.0 Å². The Bertz CT molecular complexity index is 430. The van der Waals surface area contributed by atoms with Crippen molar-refractivity contribution in [2.75, 3.05) is 31.7 Å². The van der Waals surface area contributed by atoms with Crippen LogP contribution in [0.2, 0.25) is 0 Å². The molecule has 0 amide bonds. The molecule has 1 aliphatic rings. The summed E-state index contributed by atoms with van der Waals surface area (Å²) in [7, 11) is 2.05. The number of nitrogens with zero attached hydrogens (tertiary/aromatic N) is 3. The first-order valence-corrected chi connectivity index (χ1v) is 7.41. The van der Waals surface area contributed by atoms with Crippen molar-refractivity contribution in [1.82, 2.24) is 15.3 Å². The lowest BCUT2D eigenvalue weighted by Gasteiger charge is -2.23. The molecule has 1 atom stereocenters. The van der Waals surface area contributed by atoms with Crippen molar-refractivity contribution < 1.29 is 4.74 Å². The van der Waals surface area contributed by atoms with E-state index < -0.39 is 0 Å². The minimum atomic E-state index is 0.402. The third-order valence-corrected chi connectivity index (χ3v) is 3.71. The fourth-order valence-corrected chi connectivity index (χ4v) is 2.31. The SMILES string of the molecule is Cc1nc(N(C)C2CCOC2)ncc1CNCC(C)C. The van der Waals surface area contributed by atoms with Gasteiger partial charge >= 0.3 is 0 Å². The second-order valence-corrected chi connectivity index (χ2v) is 5.93. The first-order chi connectivity index (χ1) is 9.58. The number of ether oxygens (including phenoxy) is 1. The summed E-state index contributed by atoms with van der Waals surface area (Å²) in [5.41, 5.74) is 2.22. The Kier molecular flexibility index (Phi) is 5.31. The number of anilines is 1. The zero-order valence-corrected chi connectivity index (χ0v) is 13.0. The molecule has 1 aliphatic heterocycles. The lowest BCUT2D eigenvalue weighted by Crippen LogP contribution is -2.33. The van der Waals surface area contributed by atoms with Gasteiger partial charge in [-0.2, -0.15) is 0 Å². The van der Waals surface area contributed by atoms with Gasteiger partial charge in [0.15, 0.2) is 0 Å². The fourth-order valence-electron chi connectivity index (χ4n) is 2.31. The van der Waals surface area contributed by atoms with E-state index in [1.54, 1.807) is 0 Å². The molecule has 1 unspecified atom stereocenters. The zero-order valence-electron chi connectivity index (χ0n) is 13.0. The van der Waals surface area contributed by atoms with Crippen LogP contribution in [-0.4, -0.2) is 42.8 Å². The first-order valence-electron chi connectivity index (χ1n) is 7.41. The Morgan fingerprint density at radius 3 is 2.90 bits per heavy atom. The number of hydrogen-bond acceptors (Lipinski definition) is 5. The maximum atomic E-state index is 5.42. The fraction of sp³-hybridized carbons (Fsp3) is 0.733. The predicted octanol–water partition coefficient (Wildman–Crippen LogP) is 1.76. The lowest BCUT2D eigenvalue weighted by molar-refractivity contribution is 0.193. The van der Waals surface area contributed by atoms with E-state index in [0.717, 1.165) is 44.4 Å². The van der Waals surface area contributed by atoms with Crippen molar-refractivity contribution in [2.24, 2.45) is 5.92 Å². The molecular formula is C15H26N4O. The van der Waals surface area contributed by atoms with Crippen molar-refractivity contribution in [3.8, 4) is 0 Å². The highest BCUT2D eigenvalue weighted by molar-refractivity contribution is 5.33. The molecule has 0 bridgehead atoms. The molecule has 0 spiro atoms. The van der Waals surface area contributed by atoms with Crippen LogP contribution in [0.15, 0.2) is 6.20 Å². The normalized spacial score (nSPS) is 18.8. The summed E-state index contributed by atoms with van der Waals surface area (Å²) < 4.78 is 5.42. The van der Waals surface area contributed by atoms with Gasteiger partial charge in [-0.3, -0.25) is 0 Å². The zero-order chi connectivity index (χ0) is 14.5. The molecular weight excluding hydrogens is 252 g/mol. The number of rotatable bonds is 6. The Balaban J connectivity index is 1.97. The van der Waals surface area contributed by atoms with Crippen LogP contribution < -0.4 is 10.2 Å². The summed E-state index contributed by atoms with van der Waals surface area (Å²) in [5.74, 6) is 1.45. The summed E-state index contributed by atoms with van der Waals surface area (Å²) in [6.45, 7) is 9.93. The molecule has 1 aromatic heterocycles. The van der Waals surface area contributed by atoms with Crippen LogP contribution in [0.25, 0.3) is 0 Å². The van der Waals surface area contributed by atoms with Crippen LogP contribution >= 0.6 is 0 Å². The van der Waals surface area contributed by atoms with Crippen LogP contribution in [0.4, 0.5) is 5.95 Å². The van der Waals surface area contributed by atoms with E-state index in [1.165, 1.54) is 5.56 Å². The Morgan fingerprint density at radius 2 is 2.30 bits per heavy atom. The number of aromatic nitrogens is 2. The molecule has 1 fully saturated rings. The van der Waals surface area contributed by atoms with Crippen molar-refractivity contribution in [2.45, 2.75) is 39.8 Å². The lowest BCUT2D eigenvalue weighted by atomic mass is 10.2. The third kappa shape index (κ3) is 3.90. The van der Waals surface area contributed by atoms with Crippen LogP contribution in [0.1, 0.15) is 31.5 Å². The van der Waals surface area contributed by atoms with Crippen LogP contribution in [0, 0.1) is 12.8 Å². The van der Waals surface area contributed by atoms with E-state index >= 15 is 0 Å². The summed E-state index contributed by atoms with van der Waals surface area (Å²) in [6.07, 6.45) is 2.99. The highest BCUT2D eigenvalue weighted by atomic mass is 16.5. The highest BCUT2D eigenvalue weighted by Gasteiger charge is 2.22. The molecule has 1 aromatic rings. The highest BCUT2D eigenvalue weighted by Crippen LogP contribution is 2.17. The van der Waals surface area contributed by atoms with Gasteiger partial charge in [-0.1, -0.05) is 13.8 Å². The largest absolute Gasteiger partial charge is 0.379 e. The molecule has 112 valence electrons. The topological polar surface area (TPSA) is 50.3 Å². The van der Waals surface area contributed by atoms with Crippen molar-refractivity contribution in [3.63, 3.8) is 0 Å². The summed E-state index contributed by atoms with van der Waals surface area (Å²) in [5, 5.41) is 3.43. The van der Waals surface area contributed by atoms with E-state index in [1.807, 2.05) is 13.2 Å². The molecule has 0 aromatic carbocycles. The molecule has 2 heterocycles. The molecule has 0 radical (unpaired) electrons. The number of aryl methyl sites for hydroxylation is 1. The Morgan fingerprint density at radius 1 is 1.50 bits per heavy atom. The number of hydrogen-bond donors (Lipinski definition) is 1. The third-order valence-electron chi connectivity index (χ3n) is 3.71. The smallest absolute Gasteiger partial charge is 0.225 e. The number of likely N-dealkylation sites (N-methyl/N-ethyl adjacent to an activating group) is 1. The average Bonchev–Trinajstić information content (AvgIpc) is 2.93. The van der Waals surface area contributed by atoms with Gasteiger partial charge in [0.05, 0.1) is 12.6 Å². The Labute approximate surface area is 121 Å². The molecule has 2 rings (SSSR count). The molecule has 0 saturated carbocycles. The molecule has 5 heteroatoms. The average molecular weight is 278 g/mol. The molecule has 5 nitrogen and oxygen atoms in total. The second-order valence-electron chi connectivity index (χ2n) is 5.93. The Hall–Kier alpha value is -1.20. The molecule has 1 saturated heterocycles. The number of nitrogens with one attached hydrogen (secondary N) is 1. The van der Waals surface area contributed by atoms with E-state index in [-0.39, 0.29) is 0 Å². The first kappa shape index (κ1) is 15.2. The summed E-state index contributed by atoms with van der Waals surface area (Å²) in [6, 6.07) is 0.402. The van der Waals surface area contributed by atoms with Gasteiger partial charge in [0, 0.05) is 37.7 Å². The van der Waals surface area contributed by atoms with E-state index in [9.17, 15) is 0 Å². The van der Waals surface area contributed by atoms with Crippen LogP contribution in [0.5, 0.6) is 0 Å². The minimum absolute atomic E-state index is 0.402. The maximum absolute atomic E-state index is 5.42. The minimum Gasteiger partial charge on any atom is -0.379 e. The van der Waals surface area contributed by atoms with Gasteiger partial charge in [-0.15, -0.1) is 0 Å². The standard InChI is InChI=1S/C15H26N4O/c1-11(2)7-16-8-13-9-17-15(18-12(13)3)19(4)14-5-6-20-10-14/h9,11,14,16H,5-8,10H2,1-4H3. The molecule has 20 heavy (non-hydrogen) atoms. The maximum Gasteiger partial charge on any atom is 0.225 e. The van der Waals surface area contributed by atoms with E-state index in [2.05, 4.69) is 41.0 Å². The predicted molar refractivity (Wildman–Crippen MR) is 80.9 cm³/mol. The van der Waals surface area contributed by atoms with E-state index in [4.69, 9.17) is 4.74 Å². The van der Waals surface area contributed by atoms with Gasteiger partial charge in [0.1, 0.15) is 0 Å². The van der Waals surface area contributed by atoms with Gasteiger partial charge in [0.25, 0.3) is 0 Å². The van der Waals surface area contributed by atoms with Crippen molar-refractivity contribution >= 4 is 5.95 Å². The van der Waals surface area contributed by atoms with Crippen molar-refractivity contribution in [3.05, 3.63) is 17.5 Å². The van der Waals surface area contributed by atoms with Crippen molar-refractivity contribution in [1.29, 1.82) is 0 Å².